The van der Waals surface area contributed by atoms with E-state index >= 15 is 0 Å². The molecule has 0 radical (unpaired) electrons. The summed E-state index contributed by atoms with van der Waals surface area (Å²) < 4.78 is 0. The van der Waals surface area contributed by atoms with E-state index in [1.165, 1.54) is 6.08 Å². The lowest BCUT2D eigenvalue weighted by Gasteiger charge is -2.28. The number of aliphatic carboxylic acids is 1. The summed E-state index contributed by atoms with van der Waals surface area (Å²) in [6.07, 6.45) is 4.30. The molecule has 0 aliphatic rings. The number of hydrogen-bond donors (Lipinski definition) is 2. The van der Waals surface area contributed by atoms with Crippen LogP contribution in [0.3, 0.4) is 0 Å². The van der Waals surface area contributed by atoms with Gasteiger partial charge in [-0.2, -0.15) is 0 Å². The van der Waals surface area contributed by atoms with Crippen molar-refractivity contribution in [3.63, 3.8) is 0 Å². The van der Waals surface area contributed by atoms with E-state index in [1.807, 2.05) is 20.8 Å². The smallest absolute Gasteiger partial charge is 0.328 e. The zero-order valence-electron chi connectivity index (χ0n) is 12.1. The van der Waals surface area contributed by atoms with Crippen LogP contribution in [0.25, 0.3) is 6.08 Å². The van der Waals surface area contributed by atoms with Crippen LogP contribution in [0.15, 0.2) is 30.3 Å². The first-order valence-electron chi connectivity index (χ1n) is 6.74. The van der Waals surface area contributed by atoms with Crippen LogP contribution < -0.4 is 5.32 Å². The average Bonchev–Trinajstić information content (AvgIpc) is 2.45. The second-order valence-electron chi connectivity index (χ2n) is 5.02. The predicted octanol–water partition coefficient (Wildman–Crippen LogP) is 3.09. The molecule has 0 spiro atoms. The van der Waals surface area contributed by atoms with E-state index in [1.54, 1.807) is 24.3 Å². The number of carboxylic acid groups (broad SMARTS) is 1. The molecule has 1 amide bonds. The summed E-state index contributed by atoms with van der Waals surface area (Å²) in [6, 6.07) is 6.85. The van der Waals surface area contributed by atoms with E-state index in [9.17, 15) is 9.59 Å². The van der Waals surface area contributed by atoms with Crippen LogP contribution in [-0.4, -0.2) is 22.5 Å². The Hall–Kier alpha value is -2.10. The molecule has 0 aliphatic heterocycles. The molecule has 0 atom stereocenters. The minimum Gasteiger partial charge on any atom is -0.478 e. The number of benzene rings is 1. The number of nitrogens with one attached hydrogen (secondary N) is 1. The second kappa shape index (κ2) is 6.89. The Balaban J connectivity index is 2.78. The van der Waals surface area contributed by atoms with Gasteiger partial charge in [0.15, 0.2) is 0 Å². The number of amides is 1. The van der Waals surface area contributed by atoms with Crippen LogP contribution in [0.5, 0.6) is 0 Å². The summed E-state index contributed by atoms with van der Waals surface area (Å²) in [6.45, 7) is 6.11. The largest absolute Gasteiger partial charge is 0.478 e. The molecule has 108 valence electrons. The maximum absolute atomic E-state index is 12.1. The van der Waals surface area contributed by atoms with Crippen molar-refractivity contribution in [2.45, 2.75) is 39.2 Å². The van der Waals surface area contributed by atoms with E-state index < -0.39 is 5.97 Å². The first-order chi connectivity index (χ1) is 9.40. The van der Waals surface area contributed by atoms with Gasteiger partial charge in [0, 0.05) is 17.2 Å². The minimum atomic E-state index is -0.992. The van der Waals surface area contributed by atoms with Crippen molar-refractivity contribution in [3.05, 3.63) is 41.5 Å². The zero-order valence-corrected chi connectivity index (χ0v) is 12.1. The van der Waals surface area contributed by atoms with Crippen molar-refractivity contribution in [2.24, 2.45) is 0 Å². The van der Waals surface area contributed by atoms with Gasteiger partial charge in [-0.05, 0) is 43.5 Å². The average molecular weight is 275 g/mol. The normalized spacial score (nSPS) is 11.6. The van der Waals surface area contributed by atoms with Crippen LogP contribution in [0.2, 0.25) is 0 Å². The van der Waals surface area contributed by atoms with Gasteiger partial charge in [-0.15, -0.1) is 0 Å². The summed E-state index contributed by atoms with van der Waals surface area (Å²) >= 11 is 0. The molecule has 4 nitrogen and oxygen atoms in total. The fourth-order valence-electron chi connectivity index (χ4n) is 1.69. The standard InChI is InChI=1S/C16H21NO3/c1-4-16(3,5-2)17-15(20)13-9-6-12(7-10-13)8-11-14(18)19/h6-11H,4-5H2,1-3H3,(H,17,20)(H,18,19)/b11-8+. The molecule has 1 aromatic carbocycles. The molecular weight excluding hydrogens is 254 g/mol. The Morgan fingerprint density at radius 3 is 2.20 bits per heavy atom. The van der Waals surface area contributed by atoms with Gasteiger partial charge in [0.1, 0.15) is 0 Å². The van der Waals surface area contributed by atoms with Crippen molar-refractivity contribution >= 4 is 18.0 Å². The molecule has 0 aromatic heterocycles. The Labute approximate surface area is 119 Å². The fraction of sp³-hybridized carbons (Fsp3) is 0.375. The second-order valence-corrected chi connectivity index (χ2v) is 5.02. The minimum absolute atomic E-state index is 0.107. The molecule has 2 N–H and O–H groups in total. The number of carboxylic acids is 1. The van der Waals surface area contributed by atoms with Crippen molar-refractivity contribution in [2.75, 3.05) is 0 Å². The summed E-state index contributed by atoms with van der Waals surface area (Å²) in [5.41, 5.74) is 1.13. The number of carbonyl (C=O) groups excluding carboxylic acids is 1. The Kier molecular flexibility index (Phi) is 5.50. The van der Waals surface area contributed by atoms with Crippen molar-refractivity contribution in [1.29, 1.82) is 0 Å². The summed E-state index contributed by atoms with van der Waals surface area (Å²) in [5.74, 6) is -1.10. The molecular formula is C16H21NO3. The van der Waals surface area contributed by atoms with E-state index in [2.05, 4.69) is 5.32 Å². The lowest BCUT2D eigenvalue weighted by atomic mass is 9.95. The Morgan fingerprint density at radius 1 is 1.20 bits per heavy atom. The molecule has 1 rings (SSSR count). The molecule has 0 saturated heterocycles. The van der Waals surface area contributed by atoms with E-state index in [0.29, 0.717) is 5.56 Å². The highest BCUT2D eigenvalue weighted by atomic mass is 16.4. The summed E-state index contributed by atoms with van der Waals surface area (Å²) in [5, 5.41) is 11.6. The highest BCUT2D eigenvalue weighted by Gasteiger charge is 2.22. The molecule has 0 saturated carbocycles. The summed E-state index contributed by atoms with van der Waals surface area (Å²) in [7, 11) is 0. The van der Waals surface area contributed by atoms with Crippen molar-refractivity contribution in [3.8, 4) is 0 Å². The lowest BCUT2D eigenvalue weighted by Crippen LogP contribution is -2.44. The molecule has 0 bridgehead atoms. The van der Waals surface area contributed by atoms with Gasteiger partial charge in [0.2, 0.25) is 0 Å². The van der Waals surface area contributed by atoms with Crippen LogP contribution in [-0.2, 0) is 4.79 Å². The third-order valence-corrected chi connectivity index (χ3v) is 3.57. The van der Waals surface area contributed by atoms with Crippen molar-refractivity contribution in [1.82, 2.24) is 5.32 Å². The van der Waals surface area contributed by atoms with Gasteiger partial charge in [0.25, 0.3) is 5.91 Å². The molecule has 0 aliphatic carbocycles. The molecule has 0 unspecified atom stereocenters. The van der Waals surface area contributed by atoms with Crippen LogP contribution in [0.4, 0.5) is 0 Å². The fourth-order valence-corrected chi connectivity index (χ4v) is 1.69. The van der Waals surface area contributed by atoms with Gasteiger partial charge in [-0.3, -0.25) is 4.79 Å². The topological polar surface area (TPSA) is 66.4 Å². The number of rotatable bonds is 6. The van der Waals surface area contributed by atoms with E-state index in [4.69, 9.17) is 5.11 Å². The van der Waals surface area contributed by atoms with Gasteiger partial charge in [-0.1, -0.05) is 26.0 Å². The number of carbonyl (C=O) groups is 2. The number of hydrogen-bond acceptors (Lipinski definition) is 2. The van der Waals surface area contributed by atoms with Crippen LogP contribution in [0, 0.1) is 0 Å². The van der Waals surface area contributed by atoms with Gasteiger partial charge >= 0.3 is 5.97 Å². The third-order valence-electron chi connectivity index (χ3n) is 3.57. The Morgan fingerprint density at radius 2 is 1.75 bits per heavy atom. The first kappa shape index (κ1) is 16.0. The maximum Gasteiger partial charge on any atom is 0.328 e. The van der Waals surface area contributed by atoms with Crippen molar-refractivity contribution < 1.29 is 14.7 Å². The van der Waals surface area contributed by atoms with Gasteiger partial charge in [0.05, 0.1) is 0 Å². The highest BCUT2D eigenvalue weighted by Crippen LogP contribution is 2.15. The predicted molar refractivity (Wildman–Crippen MR) is 79.6 cm³/mol. The molecule has 0 fully saturated rings. The van der Waals surface area contributed by atoms with Crippen LogP contribution >= 0.6 is 0 Å². The van der Waals surface area contributed by atoms with E-state index in [-0.39, 0.29) is 11.4 Å². The molecule has 20 heavy (non-hydrogen) atoms. The monoisotopic (exact) mass is 275 g/mol. The van der Waals surface area contributed by atoms with Crippen LogP contribution in [0.1, 0.15) is 49.5 Å². The zero-order chi connectivity index (χ0) is 15.2. The first-order valence-corrected chi connectivity index (χ1v) is 6.74. The summed E-state index contributed by atoms with van der Waals surface area (Å²) in [4.78, 5) is 22.6. The molecule has 0 heterocycles. The molecule has 4 heteroatoms. The quantitative estimate of drug-likeness (QED) is 0.784. The third kappa shape index (κ3) is 4.53. The lowest BCUT2D eigenvalue weighted by molar-refractivity contribution is -0.131. The van der Waals surface area contributed by atoms with Gasteiger partial charge in [-0.25, -0.2) is 4.79 Å². The SMILES string of the molecule is CCC(C)(CC)NC(=O)c1ccc(/C=C/C(=O)O)cc1. The highest BCUT2D eigenvalue weighted by molar-refractivity contribution is 5.95. The van der Waals surface area contributed by atoms with Gasteiger partial charge < -0.3 is 10.4 Å². The Bertz CT molecular complexity index is 499. The molecule has 1 aromatic rings. The van der Waals surface area contributed by atoms with E-state index in [0.717, 1.165) is 24.5 Å². The maximum atomic E-state index is 12.1.